The van der Waals surface area contributed by atoms with E-state index in [0.717, 1.165) is 24.7 Å². The minimum Gasteiger partial charge on any atom is -0.478 e. The number of carbonyl (C=O) groups is 1. The number of benzene rings is 1. The predicted molar refractivity (Wildman–Crippen MR) is 83.5 cm³/mol. The normalized spacial score (nSPS) is 11.9. The van der Waals surface area contributed by atoms with E-state index in [-0.39, 0.29) is 0 Å². The van der Waals surface area contributed by atoms with Gasteiger partial charge in [0.25, 0.3) is 0 Å². The Morgan fingerprint density at radius 3 is 2.25 bits per heavy atom. The minimum absolute atomic E-state index is 0.518. The fourth-order valence-electron chi connectivity index (χ4n) is 2.06. The van der Waals surface area contributed by atoms with E-state index >= 15 is 0 Å². The topological polar surface area (TPSA) is 40.5 Å². The molecular weight excluding hydrogens is 250 g/mol. The largest absolute Gasteiger partial charge is 0.478 e. The molecule has 0 spiro atoms. The Morgan fingerprint density at radius 2 is 1.80 bits per heavy atom. The smallest absolute Gasteiger partial charge is 0.328 e. The zero-order valence-electron chi connectivity index (χ0n) is 12.8. The van der Waals surface area contributed by atoms with Gasteiger partial charge in [-0.3, -0.25) is 4.90 Å². The maximum Gasteiger partial charge on any atom is 0.328 e. The van der Waals surface area contributed by atoms with E-state index in [1.54, 1.807) is 6.08 Å². The first-order valence-electron chi connectivity index (χ1n) is 7.12. The summed E-state index contributed by atoms with van der Waals surface area (Å²) < 4.78 is 0. The molecule has 0 heterocycles. The summed E-state index contributed by atoms with van der Waals surface area (Å²) in [5, 5.41) is 8.60. The molecule has 0 saturated carbocycles. The summed E-state index contributed by atoms with van der Waals surface area (Å²) in [7, 11) is 0. The zero-order chi connectivity index (χ0) is 15.1. The highest BCUT2D eigenvalue weighted by atomic mass is 16.4. The lowest BCUT2D eigenvalue weighted by Crippen LogP contribution is -2.33. The molecule has 0 aromatic heterocycles. The molecule has 0 bridgehead atoms. The van der Waals surface area contributed by atoms with Crippen molar-refractivity contribution in [1.29, 1.82) is 0 Å². The highest BCUT2D eigenvalue weighted by Crippen LogP contribution is 2.12. The van der Waals surface area contributed by atoms with Crippen molar-refractivity contribution in [2.45, 2.75) is 40.3 Å². The van der Waals surface area contributed by atoms with E-state index in [1.165, 1.54) is 5.56 Å². The third-order valence-corrected chi connectivity index (χ3v) is 3.11. The molecule has 20 heavy (non-hydrogen) atoms. The van der Waals surface area contributed by atoms with E-state index in [9.17, 15) is 4.79 Å². The molecule has 1 N–H and O–H groups in total. The van der Waals surface area contributed by atoms with Crippen LogP contribution in [-0.4, -0.2) is 28.6 Å². The summed E-state index contributed by atoms with van der Waals surface area (Å²) in [5.74, 6) is -0.271. The molecule has 0 fully saturated rings. The number of hydrogen-bond acceptors (Lipinski definition) is 2. The molecule has 0 amide bonds. The summed E-state index contributed by atoms with van der Waals surface area (Å²) in [6.07, 6.45) is 2.77. The van der Waals surface area contributed by atoms with Crippen LogP contribution in [0.4, 0.5) is 0 Å². The van der Waals surface area contributed by atoms with Crippen molar-refractivity contribution in [3.63, 3.8) is 0 Å². The molecule has 3 heteroatoms. The summed E-state index contributed by atoms with van der Waals surface area (Å²) in [5.41, 5.74) is 2.17. The predicted octanol–water partition coefficient (Wildman–Crippen LogP) is 3.65. The van der Waals surface area contributed by atoms with Crippen molar-refractivity contribution in [1.82, 2.24) is 4.90 Å². The molecule has 1 aromatic rings. The lowest BCUT2D eigenvalue weighted by Gasteiger charge is -2.28. The molecule has 0 unspecified atom stereocenters. The van der Waals surface area contributed by atoms with Crippen LogP contribution in [-0.2, 0) is 11.3 Å². The molecule has 0 radical (unpaired) electrons. The van der Waals surface area contributed by atoms with E-state index in [2.05, 4.69) is 44.7 Å². The molecule has 0 atom stereocenters. The fourth-order valence-corrected chi connectivity index (χ4v) is 2.06. The van der Waals surface area contributed by atoms with Gasteiger partial charge in [-0.2, -0.15) is 0 Å². The maximum atomic E-state index is 10.5. The molecule has 0 aliphatic carbocycles. The van der Waals surface area contributed by atoms with Crippen molar-refractivity contribution < 1.29 is 9.90 Å². The van der Waals surface area contributed by atoms with Gasteiger partial charge in [0, 0.05) is 25.2 Å². The van der Waals surface area contributed by atoms with Gasteiger partial charge < -0.3 is 5.11 Å². The Hall–Kier alpha value is -1.61. The van der Waals surface area contributed by atoms with Gasteiger partial charge in [0.15, 0.2) is 0 Å². The number of hydrogen-bond donors (Lipinski definition) is 1. The van der Waals surface area contributed by atoms with Gasteiger partial charge in [0.2, 0.25) is 0 Å². The van der Waals surface area contributed by atoms with Gasteiger partial charge in [-0.1, -0.05) is 38.1 Å². The van der Waals surface area contributed by atoms with Gasteiger partial charge in [-0.05, 0) is 37.0 Å². The lowest BCUT2D eigenvalue weighted by molar-refractivity contribution is -0.131. The third-order valence-electron chi connectivity index (χ3n) is 3.11. The summed E-state index contributed by atoms with van der Waals surface area (Å²) >= 11 is 0. The standard InChI is InChI=1S/C17H25NO2/c1-13(2)11-18(14(3)4)12-16-7-5-15(6-8-16)9-10-17(19)20/h5-10,13-14H,11-12H2,1-4H3,(H,19,20)/b10-9+. The Kier molecular flexibility index (Phi) is 6.46. The second kappa shape index (κ2) is 7.85. The Balaban J connectivity index is 2.70. The molecule has 3 nitrogen and oxygen atoms in total. The second-order valence-electron chi connectivity index (χ2n) is 5.83. The minimum atomic E-state index is -0.919. The summed E-state index contributed by atoms with van der Waals surface area (Å²) in [4.78, 5) is 12.9. The Labute approximate surface area is 121 Å². The van der Waals surface area contributed by atoms with Crippen LogP contribution in [0.3, 0.4) is 0 Å². The van der Waals surface area contributed by atoms with Crippen molar-refractivity contribution in [2.75, 3.05) is 6.54 Å². The molecule has 0 saturated heterocycles. The summed E-state index contributed by atoms with van der Waals surface area (Å²) in [6, 6.07) is 8.57. The van der Waals surface area contributed by atoms with Gasteiger partial charge in [0.1, 0.15) is 0 Å². The molecule has 1 aromatic carbocycles. The first-order chi connectivity index (χ1) is 9.38. The van der Waals surface area contributed by atoms with Crippen LogP contribution in [0.5, 0.6) is 0 Å². The molecule has 0 aliphatic rings. The van der Waals surface area contributed by atoms with Crippen molar-refractivity contribution in [3.05, 3.63) is 41.5 Å². The number of carboxylic acids is 1. The van der Waals surface area contributed by atoms with E-state index in [0.29, 0.717) is 12.0 Å². The molecule has 0 aliphatic heterocycles. The van der Waals surface area contributed by atoms with Crippen LogP contribution in [0.1, 0.15) is 38.8 Å². The monoisotopic (exact) mass is 275 g/mol. The van der Waals surface area contributed by atoms with Crippen molar-refractivity contribution in [3.8, 4) is 0 Å². The van der Waals surface area contributed by atoms with Crippen LogP contribution in [0.25, 0.3) is 6.08 Å². The van der Waals surface area contributed by atoms with Gasteiger partial charge in [-0.15, -0.1) is 0 Å². The van der Waals surface area contributed by atoms with E-state index in [1.807, 2.05) is 12.1 Å². The number of carboxylic acid groups (broad SMARTS) is 1. The summed E-state index contributed by atoms with van der Waals surface area (Å²) in [6.45, 7) is 10.9. The molecule has 1 rings (SSSR count). The van der Waals surface area contributed by atoms with Gasteiger partial charge >= 0.3 is 5.97 Å². The van der Waals surface area contributed by atoms with E-state index < -0.39 is 5.97 Å². The quantitative estimate of drug-likeness (QED) is 0.772. The van der Waals surface area contributed by atoms with Crippen molar-refractivity contribution in [2.24, 2.45) is 5.92 Å². The van der Waals surface area contributed by atoms with Crippen molar-refractivity contribution >= 4 is 12.0 Å². The first kappa shape index (κ1) is 16.4. The van der Waals surface area contributed by atoms with Crippen LogP contribution in [0.15, 0.2) is 30.3 Å². The average molecular weight is 275 g/mol. The van der Waals surface area contributed by atoms with Crippen LogP contribution in [0.2, 0.25) is 0 Å². The Morgan fingerprint density at radius 1 is 1.20 bits per heavy atom. The maximum absolute atomic E-state index is 10.5. The van der Waals surface area contributed by atoms with Gasteiger partial charge in [-0.25, -0.2) is 4.79 Å². The highest BCUT2D eigenvalue weighted by molar-refractivity contribution is 5.85. The number of aliphatic carboxylic acids is 1. The van der Waals surface area contributed by atoms with Crippen LogP contribution in [0, 0.1) is 5.92 Å². The third kappa shape index (κ3) is 6.02. The van der Waals surface area contributed by atoms with Crippen LogP contribution >= 0.6 is 0 Å². The second-order valence-corrected chi connectivity index (χ2v) is 5.83. The SMILES string of the molecule is CC(C)CN(Cc1ccc(/C=C/C(=O)O)cc1)C(C)C. The zero-order valence-corrected chi connectivity index (χ0v) is 12.8. The number of nitrogens with zero attached hydrogens (tertiary/aromatic N) is 1. The van der Waals surface area contributed by atoms with Crippen LogP contribution < -0.4 is 0 Å². The first-order valence-corrected chi connectivity index (χ1v) is 7.12. The number of rotatable bonds is 7. The molecular formula is C17H25NO2. The van der Waals surface area contributed by atoms with E-state index in [4.69, 9.17) is 5.11 Å². The Bertz CT molecular complexity index is 447. The van der Waals surface area contributed by atoms with Gasteiger partial charge in [0.05, 0.1) is 0 Å². The lowest BCUT2D eigenvalue weighted by atomic mass is 10.1. The fraction of sp³-hybridized carbons (Fsp3) is 0.471. The highest BCUT2D eigenvalue weighted by Gasteiger charge is 2.11. The average Bonchev–Trinajstić information content (AvgIpc) is 2.36. The molecule has 110 valence electrons.